The lowest BCUT2D eigenvalue weighted by molar-refractivity contribution is -0.143. The van der Waals surface area contributed by atoms with Crippen LogP contribution in [0, 0.1) is 11.8 Å². The smallest absolute Gasteiger partial charge is 0.312 e. The van der Waals surface area contributed by atoms with E-state index in [1.807, 2.05) is 12.2 Å². The third-order valence-corrected chi connectivity index (χ3v) is 2.73. The van der Waals surface area contributed by atoms with Crippen molar-refractivity contribution in [3.63, 3.8) is 0 Å². The van der Waals surface area contributed by atoms with E-state index in [4.69, 9.17) is 9.47 Å². The van der Waals surface area contributed by atoms with Crippen molar-refractivity contribution in [2.45, 2.75) is 12.2 Å². The number of ether oxygens (including phenoxy) is 2. The fourth-order valence-corrected chi connectivity index (χ4v) is 2.17. The summed E-state index contributed by atoms with van der Waals surface area (Å²) in [4.78, 5) is 11.1. The molecule has 2 bridgehead atoms. The predicted octanol–water partition coefficient (Wildman–Crippen LogP) is 0.113. The van der Waals surface area contributed by atoms with E-state index >= 15 is 0 Å². The van der Waals surface area contributed by atoms with Gasteiger partial charge in [0, 0.05) is 5.92 Å². The van der Waals surface area contributed by atoms with E-state index in [-0.39, 0.29) is 24.1 Å². The quantitative estimate of drug-likeness (QED) is 0.365. The number of cyclic esters (lactones) is 1. The fraction of sp³-hybridized carbons (Fsp3) is 0.625. The molecular weight excluding hydrogens is 144 g/mol. The second-order valence-corrected chi connectivity index (χ2v) is 3.27. The van der Waals surface area contributed by atoms with Gasteiger partial charge in [0.1, 0.15) is 0 Å². The molecule has 0 radical (unpaired) electrons. The molecule has 0 saturated carbocycles. The van der Waals surface area contributed by atoms with Crippen LogP contribution in [0.2, 0.25) is 0 Å². The summed E-state index contributed by atoms with van der Waals surface area (Å²) in [7, 11) is 0. The molecule has 0 N–H and O–H groups in total. The Morgan fingerprint density at radius 2 is 2.18 bits per heavy atom. The molecule has 3 aliphatic heterocycles. The van der Waals surface area contributed by atoms with E-state index in [2.05, 4.69) is 0 Å². The van der Waals surface area contributed by atoms with Crippen LogP contribution in [0.25, 0.3) is 0 Å². The van der Waals surface area contributed by atoms with Crippen LogP contribution in [0.15, 0.2) is 12.2 Å². The highest BCUT2D eigenvalue weighted by molar-refractivity contribution is 5.77. The summed E-state index contributed by atoms with van der Waals surface area (Å²) in [6.45, 7) is 0.551. The fourth-order valence-electron chi connectivity index (χ4n) is 2.17. The van der Waals surface area contributed by atoms with Crippen molar-refractivity contribution >= 4 is 5.97 Å². The third kappa shape index (κ3) is 0.554. The van der Waals surface area contributed by atoms with Crippen LogP contribution in [-0.2, 0) is 14.3 Å². The van der Waals surface area contributed by atoms with Crippen LogP contribution in [-0.4, -0.2) is 24.8 Å². The first kappa shape index (κ1) is 5.77. The Morgan fingerprint density at radius 1 is 1.36 bits per heavy atom. The van der Waals surface area contributed by atoms with E-state index in [0.717, 1.165) is 0 Å². The standard InChI is InChI=1S/C8H8O3/c9-8-7-4(3-10-8)5-1-2-6(7)11-5/h1-2,4-7H,3H2/t4-,5-,6+,7-/m0/s1. The van der Waals surface area contributed by atoms with Gasteiger partial charge in [0.15, 0.2) is 0 Å². The van der Waals surface area contributed by atoms with Crippen molar-refractivity contribution < 1.29 is 14.3 Å². The van der Waals surface area contributed by atoms with Crippen molar-refractivity contribution in [2.24, 2.45) is 11.8 Å². The average molecular weight is 152 g/mol. The van der Waals surface area contributed by atoms with Crippen LogP contribution >= 0.6 is 0 Å². The van der Waals surface area contributed by atoms with Gasteiger partial charge in [-0.2, -0.15) is 0 Å². The first-order chi connectivity index (χ1) is 5.36. The minimum atomic E-state index is -0.0770. The molecule has 3 nitrogen and oxygen atoms in total. The van der Waals surface area contributed by atoms with Crippen molar-refractivity contribution in [1.29, 1.82) is 0 Å². The Balaban J connectivity index is 2.03. The van der Waals surface area contributed by atoms with Crippen LogP contribution in [0.4, 0.5) is 0 Å². The molecule has 3 rings (SSSR count). The molecule has 0 aromatic rings. The molecule has 0 aromatic carbocycles. The molecule has 2 fully saturated rings. The molecule has 0 amide bonds. The molecular formula is C8H8O3. The van der Waals surface area contributed by atoms with Gasteiger partial charge in [0.25, 0.3) is 0 Å². The highest BCUT2D eigenvalue weighted by Gasteiger charge is 2.54. The lowest BCUT2D eigenvalue weighted by atomic mass is 9.86. The van der Waals surface area contributed by atoms with Gasteiger partial charge in [-0.3, -0.25) is 4.79 Å². The van der Waals surface area contributed by atoms with Crippen LogP contribution in [0.3, 0.4) is 0 Å². The van der Waals surface area contributed by atoms with Gasteiger partial charge in [-0.1, -0.05) is 12.2 Å². The van der Waals surface area contributed by atoms with Gasteiger partial charge in [-0.15, -0.1) is 0 Å². The Morgan fingerprint density at radius 3 is 3.00 bits per heavy atom. The van der Waals surface area contributed by atoms with Gasteiger partial charge in [-0.25, -0.2) is 0 Å². The third-order valence-electron chi connectivity index (χ3n) is 2.73. The van der Waals surface area contributed by atoms with Gasteiger partial charge in [0.05, 0.1) is 24.7 Å². The maximum absolute atomic E-state index is 11.1. The van der Waals surface area contributed by atoms with Gasteiger partial charge in [-0.05, 0) is 0 Å². The van der Waals surface area contributed by atoms with Crippen LogP contribution < -0.4 is 0 Å². The second-order valence-electron chi connectivity index (χ2n) is 3.27. The molecule has 2 saturated heterocycles. The van der Waals surface area contributed by atoms with Crippen molar-refractivity contribution in [2.75, 3.05) is 6.61 Å². The zero-order valence-corrected chi connectivity index (χ0v) is 5.90. The number of carbonyl (C=O) groups excluding carboxylic acids is 1. The zero-order valence-electron chi connectivity index (χ0n) is 5.90. The minimum Gasteiger partial charge on any atom is -0.465 e. The van der Waals surface area contributed by atoms with E-state index in [9.17, 15) is 4.79 Å². The summed E-state index contributed by atoms with van der Waals surface area (Å²) < 4.78 is 10.4. The van der Waals surface area contributed by atoms with Crippen molar-refractivity contribution in [3.05, 3.63) is 12.2 Å². The first-order valence-corrected chi connectivity index (χ1v) is 3.87. The number of esters is 1. The molecule has 0 aromatic heterocycles. The Hall–Kier alpha value is -0.830. The number of rotatable bonds is 0. The summed E-state index contributed by atoms with van der Waals surface area (Å²) in [6.07, 6.45) is 4.17. The van der Waals surface area contributed by atoms with E-state index in [0.29, 0.717) is 12.5 Å². The van der Waals surface area contributed by atoms with Gasteiger partial charge >= 0.3 is 5.97 Å². The molecule has 11 heavy (non-hydrogen) atoms. The Labute approximate surface area is 64.0 Å². The number of hydrogen-bond donors (Lipinski definition) is 0. The molecule has 0 spiro atoms. The van der Waals surface area contributed by atoms with E-state index in [1.54, 1.807) is 0 Å². The first-order valence-electron chi connectivity index (χ1n) is 3.87. The second kappa shape index (κ2) is 1.67. The molecule has 3 heteroatoms. The topological polar surface area (TPSA) is 35.5 Å². The Bertz CT molecular complexity index is 246. The molecule has 3 heterocycles. The molecule has 3 aliphatic rings. The van der Waals surface area contributed by atoms with Gasteiger partial charge in [0.2, 0.25) is 0 Å². The molecule has 0 aliphatic carbocycles. The van der Waals surface area contributed by atoms with Crippen LogP contribution in [0.5, 0.6) is 0 Å². The largest absolute Gasteiger partial charge is 0.465 e. The predicted molar refractivity (Wildman–Crippen MR) is 35.7 cm³/mol. The maximum atomic E-state index is 11.1. The lowest BCUT2D eigenvalue weighted by Gasteiger charge is -2.09. The van der Waals surface area contributed by atoms with E-state index < -0.39 is 0 Å². The highest BCUT2D eigenvalue weighted by atomic mass is 16.6. The van der Waals surface area contributed by atoms with E-state index in [1.165, 1.54) is 0 Å². The molecule has 58 valence electrons. The summed E-state index contributed by atoms with van der Waals surface area (Å²) >= 11 is 0. The highest BCUT2D eigenvalue weighted by Crippen LogP contribution is 2.42. The van der Waals surface area contributed by atoms with Gasteiger partial charge < -0.3 is 9.47 Å². The van der Waals surface area contributed by atoms with Crippen molar-refractivity contribution in [1.82, 2.24) is 0 Å². The SMILES string of the molecule is O=C1OC[C@@H]2[C@H]1[C@H]1C=C[C@@H]2O1. The zero-order chi connectivity index (χ0) is 7.42. The molecule has 4 atom stereocenters. The minimum absolute atomic E-state index is 0.00463. The number of carbonyl (C=O) groups is 1. The summed E-state index contributed by atoms with van der Waals surface area (Å²) in [5.74, 6) is 0.231. The monoisotopic (exact) mass is 152 g/mol. The molecule has 0 unspecified atom stereocenters. The summed E-state index contributed by atoms with van der Waals surface area (Å²) in [5, 5.41) is 0. The normalized spacial score (nSPS) is 51.5. The van der Waals surface area contributed by atoms with Crippen LogP contribution in [0.1, 0.15) is 0 Å². The summed E-state index contributed by atoms with van der Waals surface area (Å²) in [5.41, 5.74) is 0. The van der Waals surface area contributed by atoms with Crippen molar-refractivity contribution in [3.8, 4) is 0 Å². The lowest BCUT2D eigenvalue weighted by Crippen LogP contribution is -2.24. The summed E-state index contributed by atoms with van der Waals surface area (Å²) in [6, 6.07) is 0. The number of fused-ring (bicyclic) bond motifs is 5. The number of hydrogen-bond acceptors (Lipinski definition) is 3. The maximum Gasteiger partial charge on any atom is 0.312 e. The Kier molecular flexibility index (Phi) is 0.874. The average Bonchev–Trinajstić information content (AvgIpc) is 2.60.